The van der Waals surface area contributed by atoms with Crippen molar-refractivity contribution in [3.63, 3.8) is 0 Å². The Morgan fingerprint density at radius 3 is 1.82 bits per heavy atom. The molecule has 0 aromatic heterocycles. The van der Waals surface area contributed by atoms with Crippen LogP contribution in [0.4, 0.5) is 0 Å². The van der Waals surface area contributed by atoms with Gasteiger partial charge in [-0.2, -0.15) is 0 Å². The molecule has 0 aliphatic heterocycles. The molecule has 4 nitrogen and oxygen atoms in total. The maximum absolute atomic E-state index is 11.2. The number of benzene rings is 2. The van der Waals surface area contributed by atoms with Gasteiger partial charge in [-0.15, -0.1) is 0 Å². The van der Waals surface area contributed by atoms with Crippen molar-refractivity contribution in [2.24, 2.45) is 5.92 Å². The van der Waals surface area contributed by atoms with E-state index in [4.69, 9.17) is 0 Å². The molecule has 1 unspecified atom stereocenters. The SMILES string of the molecule is CC(CC(C)(c1ccccc1O)c1ccccc1O)C(=O)[O-]. The van der Waals surface area contributed by atoms with Crippen molar-refractivity contribution >= 4 is 5.97 Å². The lowest BCUT2D eigenvalue weighted by Crippen LogP contribution is -2.35. The van der Waals surface area contributed by atoms with Crippen molar-refractivity contribution in [2.75, 3.05) is 0 Å². The van der Waals surface area contributed by atoms with Crippen LogP contribution in [0.5, 0.6) is 11.5 Å². The fourth-order valence-corrected chi connectivity index (χ4v) is 2.94. The molecular weight excluding hydrogens is 280 g/mol. The normalized spacial score (nSPS) is 12.8. The molecule has 0 saturated heterocycles. The summed E-state index contributed by atoms with van der Waals surface area (Å²) in [4.78, 5) is 11.2. The highest BCUT2D eigenvalue weighted by Crippen LogP contribution is 2.44. The molecule has 0 saturated carbocycles. The monoisotopic (exact) mass is 299 g/mol. The van der Waals surface area contributed by atoms with Gasteiger partial charge in [0.25, 0.3) is 0 Å². The van der Waals surface area contributed by atoms with Crippen LogP contribution in [0, 0.1) is 5.92 Å². The van der Waals surface area contributed by atoms with Crippen LogP contribution in [-0.2, 0) is 10.2 Å². The molecule has 0 aliphatic rings. The number of carboxylic acids is 1. The van der Waals surface area contributed by atoms with E-state index in [1.54, 1.807) is 55.5 Å². The molecule has 1 atom stereocenters. The van der Waals surface area contributed by atoms with Gasteiger partial charge in [0.05, 0.1) is 0 Å². The molecule has 0 fully saturated rings. The first-order valence-electron chi connectivity index (χ1n) is 7.14. The van der Waals surface area contributed by atoms with Crippen LogP contribution in [0.1, 0.15) is 31.4 Å². The molecule has 2 aromatic rings. The first kappa shape index (κ1) is 15.9. The minimum absolute atomic E-state index is 0.0683. The molecule has 116 valence electrons. The lowest BCUT2D eigenvalue weighted by atomic mass is 9.70. The maximum atomic E-state index is 11.2. The molecule has 22 heavy (non-hydrogen) atoms. The molecule has 0 amide bonds. The van der Waals surface area contributed by atoms with Gasteiger partial charge in [-0.05, 0) is 24.5 Å². The molecule has 4 heteroatoms. The van der Waals surface area contributed by atoms with Gasteiger partial charge in [0.1, 0.15) is 11.5 Å². The Bertz CT molecular complexity index is 633. The largest absolute Gasteiger partial charge is 0.550 e. The van der Waals surface area contributed by atoms with Crippen molar-refractivity contribution in [1.29, 1.82) is 0 Å². The summed E-state index contributed by atoms with van der Waals surface area (Å²) in [6.07, 6.45) is 0.199. The van der Waals surface area contributed by atoms with E-state index in [2.05, 4.69) is 0 Å². The highest BCUT2D eigenvalue weighted by Gasteiger charge is 2.35. The number of aromatic hydroxyl groups is 2. The minimum atomic E-state index is -1.16. The number of phenols is 2. The van der Waals surface area contributed by atoms with E-state index in [1.807, 2.05) is 6.92 Å². The van der Waals surface area contributed by atoms with Gasteiger partial charge < -0.3 is 20.1 Å². The van der Waals surface area contributed by atoms with Gasteiger partial charge in [0.15, 0.2) is 0 Å². The van der Waals surface area contributed by atoms with Gasteiger partial charge in [-0.3, -0.25) is 0 Å². The molecule has 2 aromatic carbocycles. The smallest absolute Gasteiger partial charge is 0.119 e. The second kappa shape index (κ2) is 6.10. The lowest BCUT2D eigenvalue weighted by Gasteiger charge is -2.34. The number of carbonyl (C=O) groups excluding carboxylic acids is 1. The number of carbonyl (C=O) groups is 1. The minimum Gasteiger partial charge on any atom is -0.550 e. The standard InChI is InChI=1S/C18H20O4/c1-12(17(21)22)11-18(2,13-7-3-5-9-15(13)19)14-8-4-6-10-16(14)20/h3-10,12,19-20H,11H2,1-2H3,(H,21,22)/p-1. The van der Waals surface area contributed by atoms with Crippen molar-refractivity contribution in [3.05, 3.63) is 59.7 Å². The zero-order valence-electron chi connectivity index (χ0n) is 12.6. The summed E-state index contributed by atoms with van der Waals surface area (Å²) < 4.78 is 0. The molecule has 0 radical (unpaired) electrons. The average Bonchev–Trinajstić information content (AvgIpc) is 2.47. The third-order valence-corrected chi connectivity index (χ3v) is 4.11. The van der Waals surface area contributed by atoms with Crippen molar-refractivity contribution in [2.45, 2.75) is 25.7 Å². The van der Waals surface area contributed by atoms with Gasteiger partial charge in [-0.25, -0.2) is 0 Å². The van der Waals surface area contributed by atoms with Crippen LogP contribution < -0.4 is 5.11 Å². The third-order valence-electron chi connectivity index (χ3n) is 4.11. The Hall–Kier alpha value is -2.49. The second-order valence-corrected chi connectivity index (χ2v) is 5.79. The van der Waals surface area contributed by atoms with Crippen LogP contribution in [-0.4, -0.2) is 16.2 Å². The summed E-state index contributed by atoms with van der Waals surface area (Å²) in [7, 11) is 0. The second-order valence-electron chi connectivity index (χ2n) is 5.79. The predicted octanol–water partition coefficient (Wildman–Crippen LogP) is 2.18. The van der Waals surface area contributed by atoms with E-state index < -0.39 is 17.3 Å². The van der Waals surface area contributed by atoms with Crippen LogP contribution in [0.15, 0.2) is 48.5 Å². The van der Waals surface area contributed by atoms with E-state index in [-0.39, 0.29) is 17.9 Å². The van der Waals surface area contributed by atoms with Crippen molar-refractivity contribution in [3.8, 4) is 11.5 Å². The zero-order chi connectivity index (χ0) is 16.3. The fraction of sp³-hybridized carbons (Fsp3) is 0.278. The van der Waals surface area contributed by atoms with Crippen LogP contribution in [0.25, 0.3) is 0 Å². The Labute approximate surface area is 129 Å². The molecule has 0 heterocycles. The molecule has 0 spiro atoms. The Kier molecular flexibility index (Phi) is 4.40. The molecule has 2 rings (SSSR count). The number of hydrogen-bond donors (Lipinski definition) is 2. The van der Waals surface area contributed by atoms with E-state index in [9.17, 15) is 20.1 Å². The summed E-state index contributed by atoms with van der Waals surface area (Å²) in [5, 5.41) is 31.6. The maximum Gasteiger partial charge on any atom is 0.119 e. The zero-order valence-corrected chi connectivity index (χ0v) is 12.6. The number of phenolic OH excluding ortho intramolecular Hbond substituents is 2. The summed E-state index contributed by atoms with van der Waals surface area (Å²) in [5.41, 5.74) is 0.296. The van der Waals surface area contributed by atoms with E-state index in [0.717, 1.165) is 0 Å². The number of aliphatic carboxylic acids is 1. The van der Waals surface area contributed by atoms with Crippen molar-refractivity contribution in [1.82, 2.24) is 0 Å². The van der Waals surface area contributed by atoms with Crippen LogP contribution in [0.2, 0.25) is 0 Å². The molecular formula is C18H19O4-. The molecule has 2 N–H and O–H groups in total. The van der Waals surface area contributed by atoms with Crippen LogP contribution >= 0.6 is 0 Å². The topological polar surface area (TPSA) is 80.6 Å². The first-order valence-corrected chi connectivity index (χ1v) is 7.14. The fourth-order valence-electron chi connectivity index (χ4n) is 2.94. The Balaban J connectivity index is 2.62. The quantitative estimate of drug-likeness (QED) is 0.886. The number of carboxylic acid groups (broad SMARTS) is 1. The third kappa shape index (κ3) is 2.91. The highest BCUT2D eigenvalue weighted by molar-refractivity contribution is 5.68. The number of para-hydroxylation sites is 2. The van der Waals surface area contributed by atoms with E-state index in [1.165, 1.54) is 0 Å². The van der Waals surface area contributed by atoms with E-state index in [0.29, 0.717) is 11.1 Å². The predicted molar refractivity (Wildman–Crippen MR) is 81.5 cm³/mol. The average molecular weight is 299 g/mol. The van der Waals surface area contributed by atoms with Gasteiger partial charge >= 0.3 is 0 Å². The first-order chi connectivity index (χ1) is 10.4. The van der Waals surface area contributed by atoms with Gasteiger partial charge in [0, 0.05) is 22.5 Å². The molecule has 0 aliphatic carbocycles. The summed E-state index contributed by atoms with van der Waals surface area (Å²) in [5.74, 6) is -1.75. The summed E-state index contributed by atoms with van der Waals surface area (Å²) >= 11 is 0. The Morgan fingerprint density at radius 2 is 1.45 bits per heavy atom. The van der Waals surface area contributed by atoms with Gasteiger partial charge in [0.2, 0.25) is 0 Å². The molecule has 0 bridgehead atoms. The number of rotatable bonds is 5. The Morgan fingerprint density at radius 1 is 1.05 bits per heavy atom. The number of hydrogen-bond acceptors (Lipinski definition) is 4. The summed E-state index contributed by atoms with van der Waals surface area (Å²) in [6, 6.07) is 13.5. The van der Waals surface area contributed by atoms with Crippen LogP contribution in [0.3, 0.4) is 0 Å². The van der Waals surface area contributed by atoms with E-state index >= 15 is 0 Å². The van der Waals surface area contributed by atoms with Crippen molar-refractivity contribution < 1.29 is 20.1 Å². The van der Waals surface area contributed by atoms with Gasteiger partial charge in [-0.1, -0.05) is 50.2 Å². The summed E-state index contributed by atoms with van der Waals surface area (Å²) in [6.45, 7) is 3.38. The lowest BCUT2D eigenvalue weighted by molar-refractivity contribution is -0.311. The highest BCUT2D eigenvalue weighted by atomic mass is 16.4.